The van der Waals surface area contributed by atoms with Crippen molar-refractivity contribution in [2.75, 3.05) is 13.1 Å². The molecule has 0 aromatic heterocycles. The molecule has 1 atom stereocenters. The second-order valence-electron chi connectivity index (χ2n) is 7.03. The number of piperidine rings is 1. The molecule has 2 fully saturated rings. The minimum absolute atomic E-state index is 0.100. The van der Waals surface area contributed by atoms with Gasteiger partial charge < -0.3 is 0 Å². The molecule has 0 amide bonds. The quantitative estimate of drug-likeness (QED) is 0.919. The standard InChI is InChI=1S/C17H24N2O2S/c20-22(21,17-7-8-17)18-15-6-3-9-19(12-15)16-10-13-4-1-2-5-14(13)11-16/h1-2,4-5,15-18H,3,6-12H2. The van der Waals surface area contributed by atoms with Crippen LogP contribution in [0.25, 0.3) is 0 Å². The Morgan fingerprint density at radius 2 is 1.73 bits per heavy atom. The molecule has 0 radical (unpaired) electrons. The third-order valence-corrected chi connectivity index (χ3v) is 7.30. The molecule has 4 rings (SSSR count). The lowest BCUT2D eigenvalue weighted by Gasteiger charge is -2.37. The summed E-state index contributed by atoms with van der Waals surface area (Å²) in [7, 11) is -3.06. The Balaban J connectivity index is 1.40. The number of hydrogen-bond donors (Lipinski definition) is 1. The van der Waals surface area contributed by atoms with Crippen LogP contribution >= 0.6 is 0 Å². The van der Waals surface area contributed by atoms with Gasteiger partial charge in [0.25, 0.3) is 0 Å². The first kappa shape index (κ1) is 14.7. The molecule has 1 N–H and O–H groups in total. The second kappa shape index (κ2) is 5.62. The molecule has 22 heavy (non-hydrogen) atoms. The van der Waals surface area contributed by atoms with Crippen molar-refractivity contribution in [1.82, 2.24) is 9.62 Å². The van der Waals surface area contributed by atoms with Gasteiger partial charge in [-0.15, -0.1) is 0 Å². The van der Waals surface area contributed by atoms with Crippen LogP contribution in [-0.2, 0) is 22.9 Å². The van der Waals surface area contributed by atoms with E-state index in [0.29, 0.717) is 6.04 Å². The highest BCUT2D eigenvalue weighted by Gasteiger charge is 2.38. The molecule has 0 bridgehead atoms. The Kier molecular flexibility index (Phi) is 3.75. The summed E-state index contributed by atoms with van der Waals surface area (Å²) >= 11 is 0. The largest absolute Gasteiger partial charge is 0.298 e. The van der Waals surface area contributed by atoms with E-state index < -0.39 is 10.0 Å². The van der Waals surface area contributed by atoms with Gasteiger partial charge in [-0.3, -0.25) is 4.90 Å². The zero-order valence-electron chi connectivity index (χ0n) is 12.9. The highest BCUT2D eigenvalue weighted by molar-refractivity contribution is 7.90. The van der Waals surface area contributed by atoms with Crippen LogP contribution in [0.4, 0.5) is 0 Å². The lowest BCUT2D eigenvalue weighted by Crippen LogP contribution is -2.51. The minimum atomic E-state index is -3.06. The number of rotatable bonds is 4. The molecule has 2 aliphatic carbocycles. The van der Waals surface area contributed by atoms with Gasteiger partial charge in [0, 0.05) is 18.6 Å². The zero-order valence-corrected chi connectivity index (χ0v) is 13.7. The van der Waals surface area contributed by atoms with Crippen molar-refractivity contribution < 1.29 is 8.42 Å². The number of sulfonamides is 1. The maximum absolute atomic E-state index is 12.1. The topological polar surface area (TPSA) is 49.4 Å². The molecule has 4 nitrogen and oxygen atoms in total. The SMILES string of the molecule is O=S(=O)(NC1CCCN(C2Cc3ccccc3C2)C1)C1CC1. The lowest BCUT2D eigenvalue weighted by molar-refractivity contribution is 0.148. The molecule has 1 unspecified atom stereocenters. The summed E-state index contributed by atoms with van der Waals surface area (Å²) in [6.07, 6.45) is 5.96. The average molecular weight is 320 g/mol. The Morgan fingerprint density at radius 1 is 1.05 bits per heavy atom. The summed E-state index contributed by atoms with van der Waals surface area (Å²) in [4.78, 5) is 2.50. The van der Waals surface area contributed by atoms with Gasteiger partial charge >= 0.3 is 0 Å². The van der Waals surface area contributed by atoms with E-state index in [4.69, 9.17) is 0 Å². The van der Waals surface area contributed by atoms with E-state index in [2.05, 4.69) is 33.9 Å². The van der Waals surface area contributed by atoms with Crippen molar-refractivity contribution in [2.45, 2.75) is 55.9 Å². The summed E-state index contributed by atoms with van der Waals surface area (Å²) in [5.41, 5.74) is 2.93. The van der Waals surface area contributed by atoms with E-state index in [0.717, 1.165) is 51.6 Å². The van der Waals surface area contributed by atoms with Crippen LogP contribution in [0, 0.1) is 0 Å². The van der Waals surface area contributed by atoms with Crippen molar-refractivity contribution in [3.05, 3.63) is 35.4 Å². The van der Waals surface area contributed by atoms with E-state index >= 15 is 0 Å². The van der Waals surface area contributed by atoms with Crippen LogP contribution in [-0.4, -0.2) is 43.7 Å². The predicted molar refractivity (Wildman–Crippen MR) is 87.3 cm³/mol. The maximum Gasteiger partial charge on any atom is 0.214 e. The van der Waals surface area contributed by atoms with Crippen LogP contribution in [0.15, 0.2) is 24.3 Å². The molecule has 120 valence electrons. The summed E-state index contributed by atoms with van der Waals surface area (Å²) in [6, 6.07) is 9.33. The molecule has 1 saturated heterocycles. The number of likely N-dealkylation sites (tertiary alicyclic amines) is 1. The first-order valence-electron chi connectivity index (χ1n) is 8.44. The fourth-order valence-electron chi connectivity index (χ4n) is 3.93. The Morgan fingerprint density at radius 3 is 2.36 bits per heavy atom. The van der Waals surface area contributed by atoms with Crippen LogP contribution in [0.5, 0.6) is 0 Å². The fraction of sp³-hybridized carbons (Fsp3) is 0.647. The molecule has 1 aliphatic heterocycles. The summed E-state index contributed by atoms with van der Waals surface area (Å²) in [6.45, 7) is 1.96. The molecule has 1 aromatic carbocycles. The van der Waals surface area contributed by atoms with Crippen LogP contribution < -0.4 is 4.72 Å². The second-order valence-corrected chi connectivity index (χ2v) is 9.02. The number of nitrogens with one attached hydrogen (secondary N) is 1. The van der Waals surface area contributed by atoms with E-state index in [9.17, 15) is 8.42 Å². The maximum atomic E-state index is 12.1. The molecule has 3 aliphatic rings. The third kappa shape index (κ3) is 2.94. The molecular formula is C17H24N2O2S. The summed E-state index contributed by atoms with van der Waals surface area (Å²) < 4.78 is 27.2. The van der Waals surface area contributed by atoms with Crippen molar-refractivity contribution in [1.29, 1.82) is 0 Å². The Hall–Kier alpha value is -0.910. The van der Waals surface area contributed by atoms with Crippen molar-refractivity contribution >= 4 is 10.0 Å². The molecule has 1 aromatic rings. The molecule has 1 saturated carbocycles. The highest BCUT2D eigenvalue weighted by atomic mass is 32.2. The summed E-state index contributed by atoms with van der Waals surface area (Å²) in [5, 5.41) is -0.112. The van der Waals surface area contributed by atoms with Gasteiger partial charge in [-0.2, -0.15) is 0 Å². The molecule has 1 heterocycles. The van der Waals surface area contributed by atoms with Gasteiger partial charge in [0.15, 0.2) is 0 Å². The molecule has 0 spiro atoms. The van der Waals surface area contributed by atoms with Crippen LogP contribution in [0.2, 0.25) is 0 Å². The van der Waals surface area contributed by atoms with Gasteiger partial charge in [0.1, 0.15) is 0 Å². The number of nitrogens with zero attached hydrogens (tertiary/aromatic N) is 1. The van der Waals surface area contributed by atoms with Gasteiger partial charge in [-0.05, 0) is 56.2 Å². The van der Waals surface area contributed by atoms with Crippen LogP contribution in [0.3, 0.4) is 0 Å². The van der Waals surface area contributed by atoms with Crippen molar-refractivity contribution in [3.63, 3.8) is 0 Å². The number of hydrogen-bond acceptors (Lipinski definition) is 3. The fourth-order valence-corrected chi connectivity index (χ4v) is 5.54. The minimum Gasteiger partial charge on any atom is -0.298 e. The average Bonchev–Trinajstić information content (AvgIpc) is 3.27. The Bertz CT molecular complexity index is 629. The monoisotopic (exact) mass is 320 g/mol. The first-order chi connectivity index (χ1) is 10.6. The van der Waals surface area contributed by atoms with Crippen molar-refractivity contribution in [3.8, 4) is 0 Å². The van der Waals surface area contributed by atoms with E-state index in [1.54, 1.807) is 0 Å². The number of benzene rings is 1. The zero-order chi connectivity index (χ0) is 15.2. The molecule has 5 heteroatoms. The number of fused-ring (bicyclic) bond motifs is 1. The van der Waals surface area contributed by atoms with Crippen molar-refractivity contribution in [2.24, 2.45) is 0 Å². The normalized spacial score (nSPS) is 27.0. The van der Waals surface area contributed by atoms with Gasteiger partial charge in [0.05, 0.1) is 5.25 Å². The molecular weight excluding hydrogens is 296 g/mol. The van der Waals surface area contributed by atoms with Crippen LogP contribution in [0.1, 0.15) is 36.8 Å². The van der Waals surface area contributed by atoms with Gasteiger partial charge in [0.2, 0.25) is 10.0 Å². The third-order valence-electron chi connectivity index (χ3n) is 5.29. The summed E-state index contributed by atoms with van der Waals surface area (Å²) in [5.74, 6) is 0. The highest BCUT2D eigenvalue weighted by Crippen LogP contribution is 2.30. The van der Waals surface area contributed by atoms with Gasteiger partial charge in [-0.25, -0.2) is 13.1 Å². The Labute approximate surface area is 132 Å². The first-order valence-corrected chi connectivity index (χ1v) is 9.98. The van der Waals surface area contributed by atoms with Gasteiger partial charge in [-0.1, -0.05) is 24.3 Å². The smallest absolute Gasteiger partial charge is 0.214 e. The lowest BCUT2D eigenvalue weighted by atomic mass is 10.0. The predicted octanol–water partition coefficient (Wildman–Crippen LogP) is 1.70. The van der Waals surface area contributed by atoms with E-state index in [-0.39, 0.29) is 11.3 Å². The van der Waals surface area contributed by atoms with E-state index in [1.807, 2.05) is 0 Å². The van der Waals surface area contributed by atoms with E-state index in [1.165, 1.54) is 11.1 Å².